The fraction of sp³-hybridized carbons (Fsp3) is 0.158. The number of carbonyl (C=O) groups is 1. The van der Waals surface area contributed by atoms with Gasteiger partial charge < -0.3 is 5.32 Å². The van der Waals surface area contributed by atoms with Crippen molar-refractivity contribution in [3.05, 3.63) is 76.3 Å². The Hall–Kier alpha value is -2.46. The van der Waals surface area contributed by atoms with E-state index in [-0.39, 0.29) is 5.78 Å². The Balaban J connectivity index is 1.83. The Labute approximate surface area is 140 Å². The predicted octanol–water partition coefficient (Wildman–Crippen LogP) is 4.99. The van der Waals surface area contributed by atoms with Crippen molar-refractivity contribution < 1.29 is 4.79 Å². The summed E-state index contributed by atoms with van der Waals surface area (Å²) in [5, 5.41) is 3.98. The summed E-state index contributed by atoms with van der Waals surface area (Å²) in [6, 6.07) is 15.8. The lowest BCUT2D eigenvalue weighted by Crippen LogP contribution is -2.02. The summed E-state index contributed by atoms with van der Waals surface area (Å²) in [6.07, 6.45) is 2.49. The molecule has 1 aromatic heterocycles. The molecule has 0 atom stereocenters. The minimum absolute atomic E-state index is 0.0391. The SMILES string of the molecule is CCc1ccccc1C(=O)c1cnc(Nc2cccc(C)c2)s1. The predicted molar refractivity (Wildman–Crippen MR) is 95.8 cm³/mol. The maximum Gasteiger partial charge on any atom is 0.204 e. The zero-order valence-electron chi connectivity index (χ0n) is 13.2. The molecular formula is C19H18N2OS. The highest BCUT2D eigenvalue weighted by atomic mass is 32.1. The van der Waals surface area contributed by atoms with Crippen LogP contribution in [-0.4, -0.2) is 10.8 Å². The van der Waals surface area contributed by atoms with Gasteiger partial charge in [-0.2, -0.15) is 0 Å². The van der Waals surface area contributed by atoms with Crippen molar-refractivity contribution in [2.24, 2.45) is 0 Å². The van der Waals surface area contributed by atoms with Gasteiger partial charge in [0.25, 0.3) is 0 Å². The fourth-order valence-electron chi connectivity index (χ4n) is 2.47. The van der Waals surface area contributed by atoms with E-state index in [4.69, 9.17) is 0 Å². The van der Waals surface area contributed by atoms with Gasteiger partial charge in [-0.05, 0) is 36.6 Å². The van der Waals surface area contributed by atoms with Crippen molar-refractivity contribution in [3.63, 3.8) is 0 Å². The van der Waals surface area contributed by atoms with E-state index in [0.29, 0.717) is 4.88 Å². The Morgan fingerprint density at radius 3 is 2.78 bits per heavy atom. The van der Waals surface area contributed by atoms with Gasteiger partial charge in [-0.1, -0.05) is 54.7 Å². The van der Waals surface area contributed by atoms with Crippen molar-refractivity contribution in [1.82, 2.24) is 4.98 Å². The number of aromatic nitrogens is 1. The molecule has 3 nitrogen and oxygen atoms in total. The quantitative estimate of drug-likeness (QED) is 0.673. The molecule has 0 fully saturated rings. The van der Waals surface area contributed by atoms with E-state index < -0.39 is 0 Å². The van der Waals surface area contributed by atoms with Crippen LogP contribution >= 0.6 is 11.3 Å². The summed E-state index contributed by atoms with van der Waals surface area (Å²) < 4.78 is 0. The second-order valence-corrected chi connectivity index (χ2v) is 6.39. The fourth-order valence-corrected chi connectivity index (χ4v) is 3.26. The standard InChI is InChI=1S/C19H18N2OS/c1-3-14-8-4-5-10-16(14)18(22)17-12-20-19(23-17)21-15-9-6-7-13(2)11-15/h4-12H,3H2,1-2H3,(H,20,21). The Morgan fingerprint density at radius 2 is 2.00 bits per heavy atom. The number of hydrogen-bond acceptors (Lipinski definition) is 4. The van der Waals surface area contributed by atoms with Crippen LogP contribution in [0.25, 0.3) is 0 Å². The first-order valence-electron chi connectivity index (χ1n) is 7.59. The van der Waals surface area contributed by atoms with Crippen LogP contribution < -0.4 is 5.32 Å². The zero-order valence-corrected chi connectivity index (χ0v) is 14.0. The van der Waals surface area contributed by atoms with Gasteiger partial charge in [-0.15, -0.1) is 0 Å². The normalized spacial score (nSPS) is 10.5. The molecule has 0 saturated carbocycles. The lowest BCUT2D eigenvalue weighted by atomic mass is 10.0. The summed E-state index contributed by atoms with van der Waals surface area (Å²) in [7, 11) is 0. The van der Waals surface area contributed by atoms with E-state index in [0.717, 1.165) is 28.4 Å². The molecule has 4 heteroatoms. The van der Waals surface area contributed by atoms with Crippen LogP contribution in [0, 0.1) is 6.92 Å². The van der Waals surface area contributed by atoms with Crippen molar-refractivity contribution in [2.75, 3.05) is 5.32 Å². The molecule has 0 unspecified atom stereocenters. The van der Waals surface area contributed by atoms with Gasteiger partial charge in [0.1, 0.15) is 0 Å². The number of hydrogen-bond donors (Lipinski definition) is 1. The van der Waals surface area contributed by atoms with E-state index in [1.165, 1.54) is 16.9 Å². The summed E-state index contributed by atoms with van der Waals surface area (Å²) in [6.45, 7) is 4.10. The zero-order chi connectivity index (χ0) is 16.2. The van der Waals surface area contributed by atoms with Crippen LogP contribution in [0.15, 0.2) is 54.7 Å². The highest BCUT2D eigenvalue weighted by molar-refractivity contribution is 7.17. The van der Waals surface area contributed by atoms with Crippen LogP contribution in [0.2, 0.25) is 0 Å². The van der Waals surface area contributed by atoms with Gasteiger partial charge in [0.2, 0.25) is 5.78 Å². The average molecular weight is 322 g/mol. The summed E-state index contributed by atoms with van der Waals surface area (Å²) in [5.41, 5.74) is 3.99. The van der Waals surface area contributed by atoms with Crippen molar-refractivity contribution >= 4 is 27.9 Å². The van der Waals surface area contributed by atoms with Crippen LogP contribution in [-0.2, 0) is 6.42 Å². The van der Waals surface area contributed by atoms with Gasteiger partial charge in [0.15, 0.2) is 5.13 Å². The maximum absolute atomic E-state index is 12.7. The Morgan fingerprint density at radius 1 is 1.17 bits per heavy atom. The highest BCUT2D eigenvalue weighted by Gasteiger charge is 2.15. The van der Waals surface area contributed by atoms with E-state index in [9.17, 15) is 4.79 Å². The van der Waals surface area contributed by atoms with Crippen molar-refractivity contribution in [2.45, 2.75) is 20.3 Å². The van der Waals surface area contributed by atoms with Crippen LogP contribution in [0.3, 0.4) is 0 Å². The lowest BCUT2D eigenvalue weighted by Gasteiger charge is -2.04. The highest BCUT2D eigenvalue weighted by Crippen LogP contribution is 2.26. The first-order valence-corrected chi connectivity index (χ1v) is 8.41. The largest absolute Gasteiger partial charge is 0.332 e. The van der Waals surface area contributed by atoms with Gasteiger partial charge in [0.05, 0.1) is 11.1 Å². The topological polar surface area (TPSA) is 42.0 Å². The van der Waals surface area contributed by atoms with Crippen molar-refractivity contribution in [1.29, 1.82) is 0 Å². The number of thiazole rings is 1. The minimum atomic E-state index is 0.0391. The smallest absolute Gasteiger partial charge is 0.204 e. The Kier molecular flexibility index (Phi) is 4.53. The molecule has 3 rings (SSSR count). The first-order chi connectivity index (χ1) is 11.2. The molecule has 1 heterocycles. The molecule has 0 aliphatic heterocycles. The van der Waals surface area contributed by atoms with Crippen LogP contribution in [0.4, 0.5) is 10.8 Å². The van der Waals surface area contributed by atoms with Gasteiger partial charge >= 0.3 is 0 Å². The van der Waals surface area contributed by atoms with E-state index in [2.05, 4.69) is 23.3 Å². The summed E-state index contributed by atoms with van der Waals surface area (Å²) in [5.74, 6) is 0.0391. The van der Waals surface area contributed by atoms with Gasteiger partial charge in [0, 0.05) is 11.3 Å². The molecule has 0 aliphatic rings. The number of carbonyl (C=O) groups excluding carboxylic acids is 1. The minimum Gasteiger partial charge on any atom is -0.332 e. The van der Waals surface area contributed by atoms with Crippen LogP contribution in [0.5, 0.6) is 0 Å². The number of nitrogens with zero attached hydrogens (tertiary/aromatic N) is 1. The average Bonchev–Trinajstić information content (AvgIpc) is 3.02. The summed E-state index contributed by atoms with van der Waals surface area (Å²) >= 11 is 1.38. The molecule has 0 saturated heterocycles. The molecule has 0 amide bonds. The monoisotopic (exact) mass is 322 g/mol. The number of rotatable bonds is 5. The number of nitrogens with one attached hydrogen (secondary N) is 1. The molecule has 0 bridgehead atoms. The molecule has 0 radical (unpaired) electrons. The Bertz CT molecular complexity index is 839. The third kappa shape index (κ3) is 3.48. The second kappa shape index (κ2) is 6.75. The molecule has 1 N–H and O–H groups in total. The number of aryl methyl sites for hydroxylation is 2. The molecule has 23 heavy (non-hydrogen) atoms. The summed E-state index contributed by atoms with van der Waals surface area (Å²) in [4.78, 5) is 17.7. The van der Waals surface area contributed by atoms with Gasteiger partial charge in [-0.3, -0.25) is 4.79 Å². The van der Waals surface area contributed by atoms with E-state index in [1.807, 2.05) is 49.4 Å². The second-order valence-electron chi connectivity index (χ2n) is 5.36. The third-order valence-corrected chi connectivity index (χ3v) is 4.55. The molecular weight excluding hydrogens is 304 g/mol. The molecule has 116 valence electrons. The number of benzene rings is 2. The maximum atomic E-state index is 12.7. The van der Waals surface area contributed by atoms with E-state index >= 15 is 0 Å². The molecule has 2 aromatic carbocycles. The van der Waals surface area contributed by atoms with E-state index in [1.54, 1.807) is 6.20 Å². The van der Waals surface area contributed by atoms with Gasteiger partial charge in [-0.25, -0.2) is 4.98 Å². The lowest BCUT2D eigenvalue weighted by molar-refractivity contribution is 0.104. The number of ketones is 1. The van der Waals surface area contributed by atoms with Crippen molar-refractivity contribution in [3.8, 4) is 0 Å². The third-order valence-electron chi connectivity index (χ3n) is 3.64. The first kappa shape index (κ1) is 15.4. The van der Waals surface area contributed by atoms with Crippen LogP contribution in [0.1, 0.15) is 33.3 Å². The molecule has 3 aromatic rings. The number of anilines is 2. The molecule has 0 spiro atoms. The molecule has 0 aliphatic carbocycles.